The number of nitrogens with one attached hydrogen (secondary N) is 1. The third kappa shape index (κ3) is 5.42. The molecular weight excluding hydrogens is 444 g/mol. The van der Waals surface area contributed by atoms with E-state index in [1.807, 2.05) is 0 Å². The van der Waals surface area contributed by atoms with Crippen LogP contribution in [-0.2, 0) is 14.3 Å². The summed E-state index contributed by atoms with van der Waals surface area (Å²) >= 11 is 1.25. The number of nitrogens with zero attached hydrogens (tertiary/aromatic N) is 1. The van der Waals surface area contributed by atoms with Gasteiger partial charge < -0.3 is 24.4 Å². The molecule has 1 N–H and O–H groups in total. The average Bonchev–Trinajstić information content (AvgIpc) is 3.41. The fraction of sp³-hybridized carbons (Fsp3) is 0.375. The molecule has 2 aromatic rings. The number of benzene rings is 2. The minimum atomic E-state index is -0.626. The van der Waals surface area contributed by atoms with Gasteiger partial charge in [-0.15, -0.1) is 11.8 Å². The van der Waals surface area contributed by atoms with Gasteiger partial charge in [-0.05, 0) is 37.1 Å². The van der Waals surface area contributed by atoms with Crippen LogP contribution in [0, 0.1) is 0 Å². The van der Waals surface area contributed by atoms with Crippen LogP contribution in [0.1, 0.15) is 36.0 Å². The van der Waals surface area contributed by atoms with E-state index in [4.69, 9.17) is 14.2 Å². The lowest BCUT2D eigenvalue weighted by molar-refractivity contribution is -0.125. The van der Waals surface area contributed by atoms with E-state index < -0.39 is 24.3 Å². The molecule has 0 bridgehead atoms. The maximum atomic E-state index is 12.6. The minimum absolute atomic E-state index is 0.0647. The molecule has 1 heterocycles. The molecule has 174 valence electrons. The van der Waals surface area contributed by atoms with Crippen molar-refractivity contribution in [3.8, 4) is 11.5 Å². The summed E-state index contributed by atoms with van der Waals surface area (Å²) in [6, 6.07) is 12.1. The lowest BCUT2D eigenvalue weighted by atomic mass is 10.2. The quantitative estimate of drug-likeness (QED) is 0.487. The molecule has 0 unspecified atom stereocenters. The van der Waals surface area contributed by atoms with Crippen molar-refractivity contribution in [2.24, 2.45) is 0 Å². The van der Waals surface area contributed by atoms with Crippen LogP contribution in [0.2, 0.25) is 0 Å². The Labute approximate surface area is 196 Å². The standard InChI is InChI=1S/C24H26N2O6S/c1-26(2)22(28)15-33-20-8-4-3-7-17(20)23(29)30-14-21(27)25-16-9-10-18-19(13-16)32-24(31-18)11-5-6-12-24/h3-4,7-10,13H,5-6,11-12,14-15H2,1-2H3,(H,25,27). The molecule has 8 nitrogen and oxygen atoms in total. The summed E-state index contributed by atoms with van der Waals surface area (Å²) < 4.78 is 17.2. The van der Waals surface area contributed by atoms with Crippen molar-refractivity contribution in [2.75, 3.05) is 31.8 Å². The van der Waals surface area contributed by atoms with Gasteiger partial charge in [0.25, 0.3) is 11.7 Å². The van der Waals surface area contributed by atoms with Gasteiger partial charge in [0, 0.05) is 43.6 Å². The summed E-state index contributed by atoms with van der Waals surface area (Å²) in [5.74, 6) is -0.255. The maximum Gasteiger partial charge on any atom is 0.339 e. The monoisotopic (exact) mass is 470 g/mol. The molecule has 33 heavy (non-hydrogen) atoms. The third-order valence-corrected chi connectivity index (χ3v) is 6.53. The van der Waals surface area contributed by atoms with Crippen LogP contribution in [0.25, 0.3) is 0 Å². The SMILES string of the molecule is CN(C)C(=O)CSc1ccccc1C(=O)OCC(=O)Nc1ccc2c(c1)OC1(CCCC1)O2. The average molecular weight is 471 g/mol. The van der Waals surface area contributed by atoms with E-state index >= 15 is 0 Å². The first-order valence-corrected chi connectivity index (χ1v) is 11.7. The van der Waals surface area contributed by atoms with Gasteiger partial charge in [-0.2, -0.15) is 0 Å². The molecule has 1 aliphatic carbocycles. The van der Waals surface area contributed by atoms with Gasteiger partial charge in [-0.25, -0.2) is 4.79 Å². The lowest BCUT2D eigenvalue weighted by Crippen LogP contribution is -2.34. The fourth-order valence-electron chi connectivity index (χ4n) is 3.72. The van der Waals surface area contributed by atoms with Crippen LogP contribution < -0.4 is 14.8 Å². The maximum absolute atomic E-state index is 12.6. The van der Waals surface area contributed by atoms with Gasteiger partial charge in [-0.1, -0.05) is 12.1 Å². The predicted molar refractivity (Wildman–Crippen MR) is 124 cm³/mol. The number of rotatable bonds is 7. The Bertz CT molecular complexity index is 1060. The first-order valence-electron chi connectivity index (χ1n) is 10.8. The Balaban J connectivity index is 1.31. The number of hydrogen-bond acceptors (Lipinski definition) is 7. The number of hydrogen-bond donors (Lipinski definition) is 1. The highest BCUT2D eigenvalue weighted by Crippen LogP contribution is 2.47. The van der Waals surface area contributed by atoms with Crippen molar-refractivity contribution < 1.29 is 28.6 Å². The van der Waals surface area contributed by atoms with Crippen LogP contribution in [0.15, 0.2) is 47.4 Å². The van der Waals surface area contributed by atoms with E-state index in [2.05, 4.69) is 5.32 Å². The van der Waals surface area contributed by atoms with E-state index in [0.29, 0.717) is 27.6 Å². The van der Waals surface area contributed by atoms with Crippen LogP contribution in [0.3, 0.4) is 0 Å². The Kier molecular flexibility index (Phi) is 6.78. The van der Waals surface area contributed by atoms with Crippen molar-refractivity contribution >= 4 is 35.2 Å². The molecule has 0 radical (unpaired) electrons. The number of thioether (sulfide) groups is 1. The number of fused-ring (bicyclic) bond motifs is 1. The molecule has 2 amide bonds. The second-order valence-electron chi connectivity index (χ2n) is 8.18. The minimum Gasteiger partial charge on any atom is -0.452 e. The molecule has 0 aromatic heterocycles. The van der Waals surface area contributed by atoms with Crippen LogP contribution >= 0.6 is 11.8 Å². The number of amides is 2. The summed E-state index contributed by atoms with van der Waals surface area (Å²) in [6.07, 6.45) is 3.83. The lowest BCUT2D eigenvalue weighted by Gasteiger charge is -2.21. The Morgan fingerprint density at radius 2 is 1.79 bits per heavy atom. The molecule has 1 fully saturated rings. The van der Waals surface area contributed by atoms with Gasteiger partial charge in [0.15, 0.2) is 18.1 Å². The molecule has 1 saturated carbocycles. The van der Waals surface area contributed by atoms with E-state index in [0.717, 1.165) is 25.7 Å². The van der Waals surface area contributed by atoms with E-state index in [-0.39, 0.29) is 11.7 Å². The molecule has 1 aliphatic heterocycles. The smallest absolute Gasteiger partial charge is 0.339 e. The van der Waals surface area contributed by atoms with Crippen LogP contribution in [0.5, 0.6) is 11.5 Å². The van der Waals surface area contributed by atoms with Crippen LogP contribution in [-0.4, -0.2) is 54.9 Å². The second-order valence-corrected chi connectivity index (χ2v) is 9.20. The highest BCUT2D eigenvalue weighted by atomic mass is 32.2. The van der Waals surface area contributed by atoms with Gasteiger partial charge in [0.05, 0.1) is 11.3 Å². The van der Waals surface area contributed by atoms with Crippen molar-refractivity contribution in [3.05, 3.63) is 48.0 Å². The molecule has 0 saturated heterocycles. The number of carbonyl (C=O) groups is 3. The molecule has 0 atom stereocenters. The molecule has 4 rings (SSSR count). The number of esters is 1. The van der Waals surface area contributed by atoms with Gasteiger partial charge in [-0.3, -0.25) is 9.59 Å². The highest BCUT2D eigenvalue weighted by molar-refractivity contribution is 8.00. The summed E-state index contributed by atoms with van der Waals surface area (Å²) in [7, 11) is 3.35. The zero-order valence-electron chi connectivity index (χ0n) is 18.6. The van der Waals surface area contributed by atoms with E-state index in [1.54, 1.807) is 56.6 Å². The number of ether oxygens (including phenoxy) is 3. The number of carbonyl (C=O) groups excluding carboxylic acids is 3. The summed E-state index contributed by atoms with van der Waals surface area (Å²) in [6.45, 7) is -0.438. The zero-order valence-corrected chi connectivity index (χ0v) is 19.4. The first-order chi connectivity index (χ1) is 15.8. The fourth-order valence-corrected chi connectivity index (χ4v) is 4.74. The molecule has 1 spiro atoms. The van der Waals surface area contributed by atoms with Crippen molar-refractivity contribution in [1.82, 2.24) is 4.90 Å². The van der Waals surface area contributed by atoms with E-state index in [1.165, 1.54) is 16.7 Å². The van der Waals surface area contributed by atoms with Gasteiger partial charge >= 0.3 is 5.97 Å². The Morgan fingerprint density at radius 3 is 2.55 bits per heavy atom. The molecule has 9 heteroatoms. The summed E-state index contributed by atoms with van der Waals surface area (Å²) in [5, 5.41) is 2.72. The molecule has 2 aromatic carbocycles. The first kappa shape index (κ1) is 23.0. The topological polar surface area (TPSA) is 94.2 Å². The third-order valence-electron chi connectivity index (χ3n) is 5.48. The Hall–Kier alpha value is -3.20. The predicted octanol–water partition coefficient (Wildman–Crippen LogP) is 3.70. The zero-order chi connectivity index (χ0) is 23.4. The van der Waals surface area contributed by atoms with Gasteiger partial charge in [0.1, 0.15) is 0 Å². The highest BCUT2D eigenvalue weighted by Gasteiger charge is 2.44. The second kappa shape index (κ2) is 9.74. The summed E-state index contributed by atoms with van der Waals surface area (Å²) in [5.41, 5.74) is 0.846. The van der Waals surface area contributed by atoms with Gasteiger partial charge in [0.2, 0.25) is 5.91 Å². The molecule has 2 aliphatic rings. The van der Waals surface area contributed by atoms with Crippen LogP contribution in [0.4, 0.5) is 5.69 Å². The Morgan fingerprint density at radius 1 is 1.06 bits per heavy atom. The van der Waals surface area contributed by atoms with E-state index in [9.17, 15) is 14.4 Å². The molecular formula is C24H26N2O6S. The van der Waals surface area contributed by atoms with Crippen molar-refractivity contribution in [1.29, 1.82) is 0 Å². The van der Waals surface area contributed by atoms with Crippen molar-refractivity contribution in [3.63, 3.8) is 0 Å². The normalized spacial score (nSPS) is 15.3. The van der Waals surface area contributed by atoms with Crippen molar-refractivity contribution in [2.45, 2.75) is 36.4 Å². The largest absolute Gasteiger partial charge is 0.452 e. The number of anilines is 1. The summed E-state index contributed by atoms with van der Waals surface area (Å²) in [4.78, 5) is 38.9.